The molecule has 1 aliphatic rings. The van der Waals surface area contributed by atoms with E-state index in [2.05, 4.69) is 4.98 Å². The number of imidazole rings is 1. The van der Waals surface area contributed by atoms with Crippen molar-refractivity contribution in [2.75, 3.05) is 0 Å². The summed E-state index contributed by atoms with van der Waals surface area (Å²) >= 11 is 0. The molecule has 1 aliphatic carbocycles. The topological polar surface area (TPSA) is 34.9 Å². The first kappa shape index (κ1) is 9.33. The van der Waals surface area contributed by atoms with Crippen molar-refractivity contribution in [1.82, 2.24) is 9.55 Å². The fraction of sp³-hybridized carbons (Fsp3) is 0.231. The smallest absolute Gasteiger partial charge is 0.185 e. The summed E-state index contributed by atoms with van der Waals surface area (Å²) in [6.07, 6.45) is 7.12. The minimum absolute atomic E-state index is 0.0719. The van der Waals surface area contributed by atoms with Gasteiger partial charge in [-0.3, -0.25) is 4.79 Å². The summed E-state index contributed by atoms with van der Waals surface area (Å²) < 4.78 is 1.90. The number of carbonyl (C=O) groups is 1. The monoisotopic (exact) mass is 212 g/mol. The van der Waals surface area contributed by atoms with E-state index in [0.717, 1.165) is 18.4 Å². The number of rotatable bonds is 1. The van der Waals surface area contributed by atoms with Gasteiger partial charge >= 0.3 is 0 Å². The van der Waals surface area contributed by atoms with Crippen LogP contribution in [-0.4, -0.2) is 15.3 Å². The second-order valence-electron chi connectivity index (χ2n) is 4.09. The molecule has 1 atom stereocenters. The van der Waals surface area contributed by atoms with Crippen LogP contribution in [-0.2, 0) is 6.42 Å². The van der Waals surface area contributed by atoms with Crippen LogP contribution in [0.4, 0.5) is 0 Å². The van der Waals surface area contributed by atoms with Crippen molar-refractivity contribution >= 4 is 5.78 Å². The van der Waals surface area contributed by atoms with Crippen molar-refractivity contribution in [3.8, 4) is 0 Å². The largest absolute Gasteiger partial charge is 0.327 e. The van der Waals surface area contributed by atoms with E-state index in [4.69, 9.17) is 0 Å². The number of hydrogen-bond donors (Lipinski definition) is 0. The minimum atomic E-state index is -0.0719. The quantitative estimate of drug-likeness (QED) is 0.726. The molecule has 1 heterocycles. The molecule has 0 N–H and O–H groups in total. The third-order valence-electron chi connectivity index (χ3n) is 3.16. The normalized spacial score (nSPS) is 19.5. The highest BCUT2D eigenvalue weighted by molar-refractivity contribution is 6.01. The predicted molar refractivity (Wildman–Crippen MR) is 60.4 cm³/mol. The Morgan fingerprint density at radius 1 is 1.31 bits per heavy atom. The zero-order chi connectivity index (χ0) is 11.0. The van der Waals surface area contributed by atoms with Gasteiger partial charge in [0.05, 0.1) is 12.4 Å². The van der Waals surface area contributed by atoms with Gasteiger partial charge in [-0.05, 0) is 18.4 Å². The average Bonchev–Trinajstić information content (AvgIpc) is 2.83. The molecule has 16 heavy (non-hydrogen) atoms. The molecule has 0 spiro atoms. The van der Waals surface area contributed by atoms with Gasteiger partial charge in [0, 0.05) is 18.0 Å². The minimum Gasteiger partial charge on any atom is -0.327 e. The highest BCUT2D eigenvalue weighted by Gasteiger charge is 2.27. The Morgan fingerprint density at radius 3 is 3.00 bits per heavy atom. The number of hydrogen-bond acceptors (Lipinski definition) is 2. The summed E-state index contributed by atoms with van der Waals surface area (Å²) in [7, 11) is 0. The molecule has 0 saturated carbocycles. The molecule has 1 aromatic heterocycles. The Kier molecular flexibility index (Phi) is 2.10. The predicted octanol–water partition coefficient (Wildman–Crippen LogP) is 2.25. The van der Waals surface area contributed by atoms with Crippen molar-refractivity contribution in [2.24, 2.45) is 0 Å². The van der Waals surface area contributed by atoms with Crippen LogP contribution in [0.2, 0.25) is 0 Å². The molecule has 3 rings (SSSR count). The maximum Gasteiger partial charge on any atom is 0.185 e. The molecule has 1 aromatic carbocycles. The van der Waals surface area contributed by atoms with E-state index in [1.54, 1.807) is 12.5 Å². The lowest BCUT2D eigenvalue weighted by Gasteiger charge is -2.23. The average molecular weight is 212 g/mol. The second-order valence-corrected chi connectivity index (χ2v) is 4.09. The van der Waals surface area contributed by atoms with Gasteiger partial charge in [0.1, 0.15) is 0 Å². The highest BCUT2D eigenvalue weighted by atomic mass is 16.1. The first-order valence-electron chi connectivity index (χ1n) is 5.46. The van der Waals surface area contributed by atoms with Crippen LogP contribution in [0.15, 0.2) is 43.0 Å². The van der Waals surface area contributed by atoms with Gasteiger partial charge in [0.2, 0.25) is 0 Å². The van der Waals surface area contributed by atoms with E-state index in [1.165, 1.54) is 5.56 Å². The number of benzene rings is 1. The number of carbonyl (C=O) groups excluding carboxylic acids is 1. The summed E-state index contributed by atoms with van der Waals surface area (Å²) in [5.41, 5.74) is 2.04. The summed E-state index contributed by atoms with van der Waals surface area (Å²) in [5.74, 6) is 0.208. The lowest BCUT2D eigenvalue weighted by atomic mass is 9.87. The van der Waals surface area contributed by atoms with Gasteiger partial charge in [-0.1, -0.05) is 24.3 Å². The van der Waals surface area contributed by atoms with Crippen LogP contribution in [0, 0.1) is 0 Å². The van der Waals surface area contributed by atoms with Crippen molar-refractivity contribution in [1.29, 1.82) is 0 Å². The molecule has 3 nitrogen and oxygen atoms in total. The first-order valence-corrected chi connectivity index (χ1v) is 5.46. The van der Waals surface area contributed by atoms with E-state index in [0.29, 0.717) is 0 Å². The van der Waals surface area contributed by atoms with Crippen LogP contribution in [0.3, 0.4) is 0 Å². The molecular formula is C13H12N2O. The van der Waals surface area contributed by atoms with Crippen LogP contribution in [0.5, 0.6) is 0 Å². The van der Waals surface area contributed by atoms with Crippen LogP contribution in [0.25, 0.3) is 0 Å². The van der Waals surface area contributed by atoms with E-state index in [1.807, 2.05) is 35.0 Å². The Balaban J connectivity index is 2.01. The van der Waals surface area contributed by atoms with Gasteiger partial charge in [-0.15, -0.1) is 0 Å². The van der Waals surface area contributed by atoms with Gasteiger partial charge < -0.3 is 4.57 Å². The number of ketones is 1. The SMILES string of the molecule is O=C1c2ccccc2CC[C@H]1n1ccnc1. The molecule has 0 saturated heterocycles. The molecule has 0 amide bonds. The first-order chi connectivity index (χ1) is 7.86. The standard InChI is InChI=1S/C13H12N2O/c16-13-11-4-2-1-3-10(11)5-6-12(13)15-8-7-14-9-15/h1-4,7-9,12H,5-6H2/t12-/m1/s1. The van der Waals surface area contributed by atoms with E-state index >= 15 is 0 Å². The van der Waals surface area contributed by atoms with Crippen molar-refractivity contribution in [3.05, 3.63) is 54.1 Å². The summed E-state index contributed by atoms with van der Waals surface area (Å²) in [6, 6.07) is 7.80. The maximum atomic E-state index is 12.3. The molecule has 0 unspecified atom stereocenters. The zero-order valence-corrected chi connectivity index (χ0v) is 8.84. The maximum absolute atomic E-state index is 12.3. The summed E-state index contributed by atoms with van der Waals surface area (Å²) in [5, 5.41) is 0. The Morgan fingerprint density at radius 2 is 2.19 bits per heavy atom. The third kappa shape index (κ3) is 1.36. The molecule has 0 bridgehead atoms. The Bertz CT molecular complexity index is 516. The fourth-order valence-corrected chi connectivity index (χ4v) is 2.32. The second kappa shape index (κ2) is 3.59. The molecule has 2 aromatic rings. The highest BCUT2D eigenvalue weighted by Crippen LogP contribution is 2.28. The fourth-order valence-electron chi connectivity index (χ4n) is 2.32. The third-order valence-corrected chi connectivity index (χ3v) is 3.16. The van der Waals surface area contributed by atoms with Crippen molar-refractivity contribution in [3.63, 3.8) is 0 Å². The number of nitrogens with zero attached hydrogens (tertiary/aromatic N) is 2. The Hall–Kier alpha value is -1.90. The number of fused-ring (bicyclic) bond motifs is 1. The molecule has 80 valence electrons. The molecular weight excluding hydrogens is 200 g/mol. The molecule has 0 fully saturated rings. The van der Waals surface area contributed by atoms with E-state index < -0.39 is 0 Å². The lowest BCUT2D eigenvalue weighted by Crippen LogP contribution is -2.24. The number of aryl methyl sites for hydroxylation is 1. The van der Waals surface area contributed by atoms with E-state index in [-0.39, 0.29) is 11.8 Å². The van der Waals surface area contributed by atoms with Crippen molar-refractivity contribution < 1.29 is 4.79 Å². The van der Waals surface area contributed by atoms with Gasteiger partial charge in [-0.25, -0.2) is 4.98 Å². The van der Waals surface area contributed by atoms with Gasteiger partial charge in [0.15, 0.2) is 5.78 Å². The molecule has 0 aliphatic heterocycles. The van der Waals surface area contributed by atoms with Gasteiger partial charge in [0.25, 0.3) is 0 Å². The lowest BCUT2D eigenvalue weighted by molar-refractivity contribution is 0.0908. The number of Topliss-reactive ketones (excluding diaryl/α,β-unsaturated/α-hetero) is 1. The number of aromatic nitrogens is 2. The summed E-state index contributed by atoms with van der Waals surface area (Å²) in [6.45, 7) is 0. The van der Waals surface area contributed by atoms with Crippen molar-refractivity contribution in [2.45, 2.75) is 18.9 Å². The van der Waals surface area contributed by atoms with Crippen LogP contribution >= 0.6 is 0 Å². The summed E-state index contributed by atoms with van der Waals surface area (Å²) in [4.78, 5) is 16.3. The molecule has 3 heteroatoms. The van der Waals surface area contributed by atoms with E-state index in [9.17, 15) is 4.79 Å². The van der Waals surface area contributed by atoms with Crippen LogP contribution < -0.4 is 0 Å². The van der Waals surface area contributed by atoms with Gasteiger partial charge in [-0.2, -0.15) is 0 Å². The van der Waals surface area contributed by atoms with Crippen LogP contribution in [0.1, 0.15) is 28.4 Å². The molecule has 0 radical (unpaired) electrons. The zero-order valence-electron chi connectivity index (χ0n) is 8.84. The Labute approximate surface area is 93.7 Å².